The van der Waals surface area contributed by atoms with Gasteiger partial charge in [0.1, 0.15) is 0 Å². The van der Waals surface area contributed by atoms with Crippen molar-refractivity contribution in [2.45, 2.75) is 25.8 Å². The molecule has 29 heavy (non-hydrogen) atoms. The predicted octanol–water partition coefficient (Wildman–Crippen LogP) is 4.87. The molecule has 0 aliphatic rings. The molecular formula is C19H16F6N2O2. The maximum Gasteiger partial charge on any atom is 0.471 e. The van der Waals surface area contributed by atoms with Crippen molar-refractivity contribution < 1.29 is 35.9 Å². The van der Waals surface area contributed by atoms with Crippen LogP contribution in [-0.4, -0.2) is 29.4 Å². The molecule has 0 spiro atoms. The molecule has 0 aliphatic carbocycles. The number of rotatable bonds is 5. The Morgan fingerprint density at radius 3 is 2.21 bits per heavy atom. The molecule has 4 nitrogen and oxygen atoms in total. The second-order valence-corrected chi connectivity index (χ2v) is 6.05. The Morgan fingerprint density at radius 1 is 0.966 bits per heavy atom. The van der Waals surface area contributed by atoms with Gasteiger partial charge in [0.05, 0.1) is 5.56 Å². The zero-order valence-corrected chi connectivity index (χ0v) is 15.1. The smallest absolute Gasteiger partial charge is 0.331 e. The van der Waals surface area contributed by atoms with Gasteiger partial charge in [-0.1, -0.05) is 18.2 Å². The van der Waals surface area contributed by atoms with Crippen molar-refractivity contribution >= 4 is 17.5 Å². The lowest BCUT2D eigenvalue weighted by atomic mass is 10.1. The number of carbonyl (C=O) groups is 2. The minimum absolute atomic E-state index is 0.167. The zero-order valence-electron chi connectivity index (χ0n) is 15.1. The van der Waals surface area contributed by atoms with Crippen LogP contribution in [0.4, 0.5) is 32.0 Å². The van der Waals surface area contributed by atoms with Crippen molar-refractivity contribution in [1.29, 1.82) is 0 Å². The zero-order chi connectivity index (χ0) is 21.8. The molecule has 10 heteroatoms. The quantitative estimate of drug-likeness (QED) is 0.705. The standard InChI is InChI=1S/C19H16F6N2O2/c1-2-27(17(29)19(23,24)25)11-12-5-3-8-15(9-12)26-16(28)13-6-4-7-14(10-13)18(20,21)22/h3-10H,2,11H2,1H3,(H,26,28). The maximum atomic E-state index is 12.8. The number of amides is 2. The van der Waals surface area contributed by atoms with Gasteiger partial charge in [-0.15, -0.1) is 0 Å². The number of halogens is 6. The lowest BCUT2D eigenvalue weighted by Crippen LogP contribution is -2.40. The summed E-state index contributed by atoms with van der Waals surface area (Å²) in [4.78, 5) is 24.2. The minimum atomic E-state index is -5.01. The second kappa shape index (κ2) is 8.54. The third-order valence-electron chi connectivity index (χ3n) is 3.92. The van der Waals surface area contributed by atoms with E-state index in [1.807, 2.05) is 0 Å². The molecule has 0 saturated heterocycles. The summed E-state index contributed by atoms with van der Waals surface area (Å²) in [6.07, 6.45) is -9.61. The van der Waals surface area contributed by atoms with Crippen LogP contribution in [0.1, 0.15) is 28.4 Å². The molecule has 0 radical (unpaired) electrons. The number of nitrogens with one attached hydrogen (secondary N) is 1. The molecule has 1 N–H and O–H groups in total. The molecule has 0 bridgehead atoms. The number of anilines is 1. The fourth-order valence-corrected chi connectivity index (χ4v) is 2.51. The van der Waals surface area contributed by atoms with Gasteiger partial charge in [0.2, 0.25) is 0 Å². The highest BCUT2D eigenvalue weighted by molar-refractivity contribution is 6.04. The molecule has 0 aliphatic heterocycles. The van der Waals surface area contributed by atoms with Crippen LogP contribution in [-0.2, 0) is 17.5 Å². The molecule has 156 valence electrons. The van der Waals surface area contributed by atoms with Crippen molar-refractivity contribution in [2.24, 2.45) is 0 Å². The van der Waals surface area contributed by atoms with E-state index < -0.39 is 29.7 Å². The first-order valence-electron chi connectivity index (χ1n) is 8.35. The number of hydrogen-bond acceptors (Lipinski definition) is 2. The van der Waals surface area contributed by atoms with Gasteiger partial charge in [-0.05, 0) is 42.8 Å². The van der Waals surface area contributed by atoms with Gasteiger partial charge in [0, 0.05) is 24.3 Å². The van der Waals surface area contributed by atoms with Crippen LogP contribution in [0.25, 0.3) is 0 Å². The van der Waals surface area contributed by atoms with Crippen LogP contribution in [0.5, 0.6) is 0 Å². The molecule has 0 atom stereocenters. The van der Waals surface area contributed by atoms with E-state index in [0.29, 0.717) is 16.5 Å². The van der Waals surface area contributed by atoms with Gasteiger partial charge in [-0.2, -0.15) is 26.3 Å². The predicted molar refractivity (Wildman–Crippen MR) is 93.0 cm³/mol. The summed E-state index contributed by atoms with van der Waals surface area (Å²) in [5, 5.41) is 2.40. The number of carbonyl (C=O) groups excluding carboxylic acids is 2. The average molecular weight is 418 g/mol. The van der Waals surface area contributed by atoms with Crippen LogP contribution in [0, 0.1) is 0 Å². The van der Waals surface area contributed by atoms with Crippen molar-refractivity contribution in [3.8, 4) is 0 Å². The first-order valence-corrected chi connectivity index (χ1v) is 8.35. The van der Waals surface area contributed by atoms with Crippen LogP contribution in [0.15, 0.2) is 48.5 Å². The fraction of sp³-hybridized carbons (Fsp3) is 0.263. The Balaban J connectivity index is 2.16. The van der Waals surface area contributed by atoms with Gasteiger partial charge in [-0.3, -0.25) is 9.59 Å². The first kappa shape index (κ1) is 22.3. The minimum Gasteiger partial charge on any atom is -0.331 e. The van der Waals surface area contributed by atoms with Crippen molar-refractivity contribution in [1.82, 2.24) is 4.90 Å². The molecule has 0 unspecified atom stereocenters. The SMILES string of the molecule is CCN(Cc1cccc(NC(=O)c2cccc(C(F)(F)F)c2)c1)C(=O)C(F)(F)F. The molecule has 2 rings (SSSR count). The lowest BCUT2D eigenvalue weighted by Gasteiger charge is -2.22. The van der Waals surface area contributed by atoms with Crippen LogP contribution >= 0.6 is 0 Å². The van der Waals surface area contributed by atoms with E-state index in [4.69, 9.17) is 0 Å². The maximum absolute atomic E-state index is 12.8. The number of alkyl halides is 6. The highest BCUT2D eigenvalue weighted by Crippen LogP contribution is 2.29. The van der Waals surface area contributed by atoms with E-state index in [9.17, 15) is 35.9 Å². The molecule has 0 heterocycles. The molecule has 0 aromatic heterocycles. The Labute approximate surface area is 162 Å². The van der Waals surface area contributed by atoms with E-state index in [0.717, 1.165) is 12.1 Å². The van der Waals surface area contributed by atoms with Gasteiger partial charge in [-0.25, -0.2) is 0 Å². The van der Waals surface area contributed by atoms with Crippen LogP contribution < -0.4 is 5.32 Å². The molecule has 0 fully saturated rings. The normalized spacial score (nSPS) is 11.8. The van der Waals surface area contributed by atoms with Gasteiger partial charge >= 0.3 is 18.3 Å². The van der Waals surface area contributed by atoms with E-state index in [2.05, 4.69) is 5.32 Å². The Hall–Kier alpha value is -3.04. The third kappa shape index (κ3) is 5.97. The molecular weight excluding hydrogens is 402 g/mol. The highest BCUT2D eigenvalue weighted by Gasteiger charge is 2.41. The summed E-state index contributed by atoms with van der Waals surface area (Å²) in [7, 11) is 0. The topological polar surface area (TPSA) is 49.4 Å². The number of hydrogen-bond donors (Lipinski definition) is 1. The Morgan fingerprint density at radius 2 is 1.62 bits per heavy atom. The van der Waals surface area contributed by atoms with E-state index in [-0.39, 0.29) is 24.3 Å². The van der Waals surface area contributed by atoms with E-state index in [1.165, 1.54) is 37.3 Å². The van der Waals surface area contributed by atoms with Crippen LogP contribution in [0.3, 0.4) is 0 Å². The largest absolute Gasteiger partial charge is 0.471 e. The average Bonchev–Trinajstić information content (AvgIpc) is 2.64. The molecule has 0 saturated carbocycles. The molecule has 2 aromatic carbocycles. The van der Waals surface area contributed by atoms with Crippen molar-refractivity contribution in [3.63, 3.8) is 0 Å². The van der Waals surface area contributed by atoms with Gasteiger partial charge < -0.3 is 10.2 Å². The first-order chi connectivity index (χ1) is 13.4. The molecule has 2 aromatic rings. The summed E-state index contributed by atoms with van der Waals surface area (Å²) in [5.74, 6) is -2.80. The third-order valence-corrected chi connectivity index (χ3v) is 3.92. The Bertz CT molecular complexity index is 893. The molecule has 2 amide bonds. The second-order valence-electron chi connectivity index (χ2n) is 6.05. The monoisotopic (exact) mass is 418 g/mol. The van der Waals surface area contributed by atoms with Gasteiger partial charge in [0.25, 0.3) is 5.91 Å². The summed E-state index contributed by atoms with van der Waals surface area (Å²) in [5.41, 5.74) is -0.734. The number of nitrogens with zero attached hydrogens (tertiary/aromatic N) is 1. The number of benzene rings is 2. The summed E-state index contributed by atoms with van der Waals surface area (Å²) >= 11 is 0. The van der Waals surface area contributed by atoms with E-state index in [1.54, 1.807) is 0 Å². The summed E-state index contributed by atoms with van der Waals surface area (Å²) < 4.78 is 76.2. The van der Waals surface area contributed by atoms with E-state index >= 15 is 0 Å². The highest BCUT2D eigenvalue weighted by atomic mass is 19.4. The summed E-state index contributed by atoms with van der Waals surface area (Å²) in [6.45, 7) is 0.865. The fourth-order valence-electron chi connectivity index (χ4n) is 2.51. The Kier molecular flexibility index (Phi) is 6.55. The lowest BCUT2D eigenvalue weighted by molar-refractivity contribution is -0.185. The van der Waals surface area contributed by atoms with Crippen LogP contribution in [0.2, 0.25) is 0 Å². The van der Waals surface area contributed by atoms with Crippen molar-refractivity contribution in [2.75, 3.05) is 11.9 Å². The van der Waals surface area contributed by atoms with Crippen molar-refractivity contribution in [3.05, 3.63) is 65.2 Å². The summed E-state index contributed by atoms with van der Waals surface area (Å²) in [6, 6.07) is 9.50. The van der Waals surface area contributed by atoms with Gasteiger partial charge in [0.15, 0.2) is 0 Å².